The summed E-state index contributed by atoms with van der Waals surface area (Å²) < 4.78 is 0. The average molecular weight is 279 g/mol. The largest absolute Gasteiger partial charge is 0.354 e. The zero-order valence-electron chi connectivity index (χ0n) is 11.7. The Morgan fingerprint density at radius 3 is 2.95 bits per heavy atom. The lowest BCUT2D eigenvalue weighted by Crippen LogP contribution is -2.05. The van der Waals surface area contributed by atoms with Gasteiger partial charge in [-0.2, -0.15) is 10.1 Å². The van der Waals surface area contributed by atoms with Crippen LogP contribution < -0.4 is 5.32 Å². The molecule has 0 aliphatic carbocycles. The molecule has 104 valence electrons. The molecular formula is C13H21N5S. The van der Waals surface area contributed by atoms with Crippen molar-refractivity contribution in [1.82, 2.24) is 20.2 Å². The minimum absolute atomic E-state index is 0.686. The number of hydrogen-bond acceptors (Lipinski definition) is 5. The minimum atomic E-state index is 0.686. The summed E-state index contributed by atoms with van der Waals surface area (Å²) in [6, 6.07) is 0. The zero-order valence-corrected chi connectivity index (χ0v) is 12.5. The molecule has 2 N–H and O–H groups in total. The van der Waals surface area contributed by atoms with E-state index in [0.717, 1.165) is 34.8 Å². The Balaban J connectivity index is 2.16. The molecule has 19 heavy (non-hydrogen) atoms. The number of rotatable bonds is 7. The van der Waals surface area contributed by atoms with E-state index in [2.05, 4.69) is 46.3 Å². The van der Waals surface area contributed by atoms with Gasteiger partial charge in [0.2, 0.25) is 5.95 Å². The fourth-order valence-electron chi connectivity index (χ4n) is 1.63. The zero-order chi connectivity index (χ0) is 13.7. The van der Waals surface area contributed by atoms with Gasteiger partial charge in [-0.15, -0.1) is 11.8 Å². The van der Waals surface area contributed by atoms with E-state index in [1.807, 2.05) is 0 Å². The van der Waals surface area contributed by atoms with E-state index >= 15 is 0 Å². The molecule has 2 aromatic rings. The van der Waals surface area contributed by atoms with Crippen molar-refractivity contribution in [3.05, 3.63) is 6.20 Å². The Kier molecular flexibility index (Phi) is 5.01. The normalized spacial score (nSPS) is 11.4. The lowest BCUT2D eigenvalue weighted by molar-refractivity contribution is 0.632. The lowest BCUT2D eigenvalue weighted by atomic mass is 10.2. The minimum Gasteiger partial charge on any atom is -0.354 e. The van der Waals surface area contributed by atoms with Crippen molar-refractivity contribution in [3.63, 3.8) is 0 Å². The van der Waals surface area contributed by atoms with Gasteiger partial charge in [-0.3, -0.25) is 5.10 Å². The Morgan fingerprint density at radius 2 is 2.21 bits per heavy atom. The number of fused-ring (bicyclic) bond motifs is 1. The third-order valence-electron chi connectivity index (χ3n) is 2.74. The van der Waals surface area contributed by atoms with E-state index in [4.69, 9.17) is 0 Å². The van der Waals surface area contributed by atoms with E-state index in [0.29, 0.717) is 11.9 Å². The summed E-state index contributed by atoms with van der Waals surface area (Å²) in [6.45, 7) is 7.49. The second-order valence-electron chi connectivity index (χ2n) is 4.94. The Hall–Kier alpha value is -1.30. The molecule has 2 rings (SSSR count). The lowest BCUT2D eigenvalue weighted by Gasteiger charge is -2.07. The molecule has 0 aliphatic heterocycles. The van der Waals surface area contributed by atoms with Crippen LogP contribution in [-0.2, 0) is 0 Å². The van der Waals surface area contributed by atoms with Gasteiger partial charge in [0.25, 0.3) is 0 Å². The first-order valence-electron chi connectivity index (χ1n) is 6.78. The van der Waals surface area contributed by atoms with E-state index < -0.39 is 0 Å². The summed E-state index contributed by atoms with van der Waals surface area (Å²) in [5, 5.41) is 12.2. The van der Waals surface area contributed by atoms with Crippen molar-refractivity contribution in [3.8, 4) is 0 Å². The molecule has 0 fully saturated rings. The first-order valence-corrected chi connectivity index (χ1v) is 7.77. The number of aromatic nitrogens is 4. The SMILES string of the molecule is CCCNc1nc(SCCC(C)C)c2cn[nH]c2n1. The quantitative estimate of drug-likeness (QED) is 0.601. The molecule has 2 heterocycles. The topological polar surface area (TPSA) is 66.5 Å². The third kappa shape index (κ3) is 3.83. The summed E-state index contributed by atoms with van der Waals surface area (Å²) in [4.78, 5) is 9.01. The third-order valence-corrected chi connectivity index (χ3v) is 3.77. The van der Waals surface area contributed by atoms with E-state index in [-0.39, 0.29) is 0 Å². The number of nitrogens with one attached hydrogen (secondary N) is 2. The Morgan fingerprint density at radius 1 is 1.37 bits per heavy atom. The maximum atomic E-state index is 4.59. The van der Waals surface area contributed by atoms with Crippen LogP contribution in [0.4, 0.5) is 5.95 Å². The van der Waals surface area contributed by atoms with Gasteiger partial charge in [-0.05, 0) is 24.5 Å². The van der Waals surface area contributed by atoms with Crippen molar-refractivity contribution in [2.24, 2.45) is 5.92 Å². The van der Waals surface area contributed by atoms with Crippen LogP contribution in [-0.4, -0.2) is 32.5 Å². The summed E-state index contributed by atoms with van der Waals surface area (Å²) in [7, 11) is 0. The molecule has 6 heteroatoms. The van der Waals surface area contributed by atoms with Gasteiger partial charge in [-0.25, -0.2) is 4.98 Å². The monoisotopic (exact) mass is 279 g/mol. The molecule has 0 radical (unpaired) electrons. The van der Waals surface area contributed by atoms with Crippen molar-refractivity contribution in [2.75, 3.05) is 17.6 Å². The summed E-state index contributed by atoms with van der Waals surface area (Å²) in [5.74, 6) is 2.47. The van der Waals surface area contributed by atoms with Gasteiger partial charge < -0.3 is 5.32 Å². The first-order chi connectivity index (χ1) is 9.20. The molecule has 0 amide bonds. The molecule has 5 nitrogen and oxygen atoms in total. The fourth-order valence-corrected chi connectivity index (χ4v) is 2.86. The van der Waals surface area contributed by atoms with E-state index in [9.17, 15) is 0 Å². The molecule has 0 spiro atoms. The van der Waals surface area contributed by atoms with Crippen molar-refractivity contribution in [2.45, 2.75) is 38.6 Å². The maximum absolute atomic E-state index is 4.59. The van der Waals surface area contributed by atoms with Crippen LogP contribution in [0.5, 0.6) is 0 Å². The van der Waals surface area contributed by atoms with Gasteiger partial charge >= 0.3 is 0 Å². The van der Waals surface area contributed by atoms with Gasteiger partial charge in [0.15, 0.2) is 5.65 Å². The number of H-pyrrole nitrogens is 1. The Bertz CT molecular complexity index is 523. The van der Waals surface area contributed by atoms with Gasteiger partial charge in [0, 0.05) is 6.54 Å². The van der Waals surface area contributed by atoms with Gasteiger partial charge in [-0.1, -0.05) is 20.8 Å². The second kappa shape index (κ2) is 6.75. The summed E-state index contributed by atoms with van der Waals surface area (Å²) in [6.07, 6.45) is 4.04. The first kappa shape index (κ1) is 14.1. The van der Waals surface area contributed by atoms with Gasteiger partial charge in [0.1, 0.15) is 5.03 Å². The molecule has 0 atom stereocenters. The van der Waals surface area contributed by atoms with Crippen LogP contribution >= 0.6 is 11.8 Å². The number of hydrogen-bond donors (Lipinski definition) is 2. The maximum Gasteiger partial charge on any atom is 0.225 e. The molecule has 0 unspecified atom stereocenters. The predicted molar refractivity (Wildman–Crippen MR) is 80.6 cm³/mol. The molecule has 0 aromatic carbocycles. The Labute approximate surface area is 118 Å². The standard InChI is InChI=1S/C13H21N5S/c1-4-6-14-13-16-11-10(8-15-18-11)12(17-13)19-7-5-9(2)3/h8-9H,4-7H2,1-3H3,(H2,14,15,16,17,18). The van der Waals surface area contributed by atoms with Crippen molar-refractivity contribution < 1.29 is 0 Å². The predicted octanol–water partition coefficient (Wildman–Crippen LogP) is 3.31. The molecular weight excluding hydrogens is 258 g/mol. The fraction of sp³-hybridized carbons (Fsp3) is 0.615. The van der Waals surface area contributed by atoms with Crippen LogP contribution in [0.3, 0.4) is 0 Å². The second-order valence-corrected chi connectivity index (χ2v) is 6.03. The van der Waals surface area contributed by atoms with E-state index in [1.165, 1.54) is 6.42 Å². The van der Waals surface area contributed by atoms with E-state index in [1.54, 1.807) is 18.0 Å². The summed E-state index contributed by atoms with van der Waals surface area (Å²) in [5.41, 5.74) is 0.806. The van der Waals surface area contributed by atoms with Crippen LogP contribution in [0.15, 0.2) is 11.2 Å². The summed E-state index contributed by atoms with van der Waals surface area (Å²) >= 11 is 1.78. The highest BCUT2D eigenvalue weighted by Gasteiger charge is 2.10. The van der Waals surface area contributed by atoms with Crippen molar-refractivity contribution in [1.29, 1.82) is 0 Å². The van der Waals surface area contributed by atoms with Crippen LogP contribution in [0.25, 0.3) is 11.0 Å². The van der Waals surface area contributed by atoms with Crippen LogP contribution in [0, 0.1) is 5.92 Å². The average Bonchev–Trinajstić information content (AvgIpc) is 2.84. The molecule has 0 saturated heterocycles. The highest BCUT2D eigenvalue weighted by atomic mass is 32.2. The molecule has 0 bridgehead atoms. The smallest absolute Gasteiger partial charge is 0.225 e. The van der Waals surface area contributed by atoms with Gasteiger partial charge in [0.05, 0.1) is 11.6 Å². The highest BCUT2D eigenvalue weighted by molar-refractivity contribution is 7.99. The number of nitrogens with zero attached hydrogens (tertiary/aromatic N) is 3. The molecule has 2 aromatic heterocycles. The number of thioether (sulfide) groups is 1. The molecule has 0 aliphatic rings. The van der Waals surface area contributed by atoms with Crippen molar-refractivity contribution >= 4 is 28.7 Å². The number of anilines is 1. The number of aromatic amines is 1. The highest BCUT2D eigenvalue weighted by Crippen LogP contribution is 2.26. The van der Waals surface area contributed by atoms with Crippen LogP contribution in [0.2, 0.25) is 0 Å². The molecule has 0 saturated carbocycles. The van der Waals surface area contributed by atoms with Crippen LogP contribution in [0.1, 0.15) is 33.6 Å².